The monoisotopic (exact) mass is 384 g/mol. The van der Waals surface area contributed by atoms with E-state index in [1.54, 1.807) is 25.3 Å². The van der Waals surface area contributed by atoms with Gasteiger partial charge in [0.1, 0.15) is 24.1 Å². The van der Waals surface area contributed by atoms with Crippen molar-refractivity contribution in [2.45, 2.75) is 25.5 Å². The number of nitrogens with zero attached hydrogens (tertiary/aromatic N) is 1. The Morgan fingerprint density at radius 3 is 2.61 bits per heavy atom. The molecule has 0 saturated carbocycles. The molecule has 1 saturated heterocycles. The van der Waals surface area contributed by atoms with Gasteiger partial charge in [0, 0.05) is 12.6 Å². The van der Waals surface area contributed by atoms with Crippen LogP contribution in [0.2, 0.25) is 0 Å². The van der Waals surface area contributed by atoms with E-state index in [4.69, 9.17) is 14.2 Å². The first kappa shape index (κ1) is 19.5. The number of carbonyl (C=O) groups is 2. The number of benzene rings is 2. The van der Waals surface area contributed by atoms with Crippen LogP contribution in [-0.2, 0) is 16.1 Å². The Balaban J connectivity index is 1.65. The van der Waals surface area contributed by atoms with Gasteiger partial charge in [-0.3, -0.25) is 9.69 Å². The summed E-state index contributed by atoms with van der Waals surface area (Å²) < 4.78 is 15.9. The number of anilines is 1. The number of hydrogen-bond donors (Lipinski definition) is 1. The number of methoxy groups -OCH3 is 2. The zero-order chi connectivity index (χ0) is 19.9. The second-order valence-electron chi connectivity index (χ2n) is 6.45. The summed E-state index contributed by atoms with van der Waals surface area (Å²) in [6, 6.07) is 14.0. The van der Waals surface area contributed by atoms with Gasteiger partial charge < -0.3 is 19.5 Å². The Hall–Kier alpha value is -3.22. The first-order valence-electron chi connectivity index (χ1n) is 9.12. The zero-order valence-corrected chi connectivity index (χ0v) is 16.0. The van der Waals surface area contributed by atoms with Crippen LogP contribution < -0.4 is 14.8 Å². The third kappa shape index (κ3) is 4.54. The van der Waals surface area contributed by atoms with Gasteiger partial charge in [-0.1, -0.05) is 30.3 Å². The Morgan fingerprint density at radius 1 is 1.11 bits per heavy atom. The molecule has 1 N–H and O–H groups in total. The lowest BCUT2D eigenvalue weighted by atomic mass is 10.2. The fourth-order valence-corrected chi connectivity index (χ4v) is 3.19. The largest absolute Gasteiger partial charge is 0.497 e. The molecule has 28 heavy (non-hydrogen) atoms. The maximum Gasteiger partial charge on any atom is 0.410 e. The van der Waals surface area contributed by atoms with E-state index in [1.807, 2.05) is 30.3 Å². The van der Waals surface area contributed by atoms with E-state index in [1.165, 1.54) is 12.0 Å². The molecule has 1 atom stereocenters. The van der Waals surface area contributed by atoms with Crippen LogP contribution in [0.1, 0.15) is 18.4 Å². The minimum atomic E-state index is -0.584. The van der Waals surface area contributed by atoms with E-state index in [0.717, 1.165) is 12.0 Å². The normalized spacial score (nSPS) is 15.8. The van der Waals surface area contributed by atoms with E-state index in [9.17, 15) is 9.59 Å². The first-order valence-corrected chi connectivity index (χ1v) is 9.12. The number of ether oxygens (including phenoxy) is 3. The van der Waals surface area contributed by atoms with Crippen molar-refractivity contribution in [1.82, 2.24) is 4.90 Å². The van der Waals surface area contributed by atoms with Crippen LogP contribution in [0.25, 0.3) is 0 Å². The van der Waals surface area contributed by atoms with Crippen molar-refractivity contribution >= 4 is 17.7 Å². The van der Waals surface area contributed by atoms with Crippen LogP contribution in [-0.4, -0.2) is 43.7 Å². The smallest absolute Gasteiger partial charge is 0.410 e. The van der Waals surface area contributed by atoms with Crippen molar-refractivity contribution < 1.29 is 23.8 Å². The number of rotatable bonds is 6. The lowest BCUT2D eigenvalue weighted by Crippen LogP contribution is -2.43. The van der Waals surface area contributed by atoms with Crippen LogP contribution in [0.5, 0.6) is 11.5 Å². The van der Waals surface area contributed by atoms with Crippen molar-refractivity contribution in [2.75, 3.05) is 26.1 Å². The maximum atomic E-state index is 12.8. The highest BCUT2D eigenvalue weighted by Crippen LogP contribution is 2.30. The number of hydrogen-bond acceptors (Lipinski definition) is 5. The van der Waals surface area contributed by atoms with Gasteiger partial charge in [0.05, 0.1) is 19.9 Å². The summed E-state index contributed by atoms with van der Waals surface area (Å²) in [4.78, 5) is 26.8. The molecule has 2 amide bonds. The number of amides is 2. The SMILES string of the molecule is COc1ccc(OC)c(NC(=O)[C@H]2CCCN2C(=O)OCc2ccccc2)c1. The summed E-state index contributed by atoms with van der Waals surface area (Å²) in [5.41, 5.74) is 1.40. The highest BCUT2D eigenvalue weighted by Gasteiger charge is 2.35. The molecule has 2 aromatic carbocycles. The standard InChI is InChI=1S/C21H24N2O5/c1-26-16-10-11-19(27-2)17(13-16)22-20(24)18-9-6-12-23(18)21(25)28-14-15-7-4-3-5-8-15/h3-5,7-8,10-11,13,18H,6,9,12,14H2,1-2H3,(H,22,24)/t18-/m1/s1. The Kier molecular flexibility index (Phi) is 6.37. The molecule has 7 heteroatoms. The van der Waals surface area contributed by atoms with E-state index in [-0.39, 0.29) is 12.5 Å². The highest BCUT2D eigenvalue weighted by molar-refractivity contribution is 5.98. The third-order valence-electron chi connectivity index (χ3n) is 4.66. The summed E-state index contributed by atoms with van der Waals surface area (Å²) in [6.45, 7) is 0.662. The van der Waals surface area contributed by atoms with Gasteiger partial charge in [-0.2, -0.15) is 0 Å². The Morgan fingerprint density at radius 2 is 1.89 bits per heavy atom. The fourth-order valence-electron chi connectivity index (χ4n) is 3.19. The van der Waals surface area contributed by atoms with Gasteiger partial charge in [0.15, 0.2) is 0 Å². The topological polar surface area (TPSA) is 77.1 Å². The van der Waals surface area contributed by atoms with Crippen molar-refractivity contribution in [3.05, 3.63) is 54.1 Å². The van der Waals surface area contributed by atoms with Crippen LogP contribution in [0, 0.1) is 0 Å². The van der Waals surface area contributed by atoms with Gasteiger partial charge in [0.25, 0.3) is 0 Å². The van der Waals surface area contributed by atoms with Crippen LogP contribution >= 0.6 is 0 Å². The van der Waals surface area contributed by atoms with Crippen molar-refractivity contribution in [2.24, 2.45) is 0 Å². The van der Waals surface area contributed by atoms with Crippen LogP contribution in [0.4, 0.5) is 10.5 Å². The molecule has 7 nitrogen and oxygen atoms in total. The zero-order valence-electron chi connectivity index (χ0n) is 16.0. The van der Waals surface area contributed by atoms with Gasteiger partial charge >= 0.3 is 6.09 Å². The summed E-state index contributed by atoms with van der Waals surface area (Å²) in [5.74, 6) is 0.840. The number of nitrogens with one attached hydrogen (secondary N) is 1. The second-order valence-corrected chi connectivity index (χ2v) is 6.45. The number of carbonyl (C=O) groups excluding carboxylic acids is 2. The lowest BCUT2D eigenvalue weighted by molar-refractivity contribution is -0.120. The third-order valence-corrected chi connectivity index (χ3v) is 4.66. The minimum Gasteiger partial charge on any atom is -0.497 e. The molecule has 1 fully saturated rings. The minimum absolute atomic E-state index is 0.175. The van der Waals surface area contributed by atoms with Gasteiger partial charge in [-0.05, 0) is 30.5 Å². The molecular weight excluding hydrogens is 360 g/mol. The quantitative estimate of drug-likeness (QED) is 0.826. The average Bonchev–Trinajstić information content (AvgIpc) is 3.23. The van der Waals surface area contributed by atoms with Crippen LogP contribution in [0.15, 0.2) is 48.5 Å². The predicted octanol–water partition coefficient (Wildman–Crippen LogP) is 3.44. The Labute approximate surface area is 164 Å². The average molecular weight is 384 g/mol. The van der Waals surface area contributed by atoms with Crippen molar-refractivity contribution in [1.29, 1.82) is 0 Å². The molecule has 0 unspecified atom stereocenters. The first-order chi connectivity index (χ1) is 13.6. The summed E-state index contributed by atoms with van der Waals surface area (Å²) in [7, 11) is 3.08. The molecule has 0 aromatic heterocycles. The van der Waals surface area contributed by atoms with Crippen molar-refractivity contribution in [3.63, 3.8) is 0 Å². The molecule has 3 rings (SSSR count). The summed E-state index contributed by atoms with van der Waals surface area (Å²) >= 11 is 0. The molecule has 148 valence electrons. The van der Waals surface area contributed by atoms with Gasteiger partial charge in [-0.25, -0.2) is 4.79 Å². The molecule has 0 bridgehead atoms. The van der Waals surface area contributed by atoms with E-state index in [0.29, 0.717) is 30.2 Å². The van der Waals surface area contributed by atoms with Gasteiger partial charge in [-0.15, -0.1) is 0 Å². The summed E-state index contributed by atoms with van der Waals surface area (Å²) in [6.07, 6.45) is 0.839. The molecule has 0 radical (unpaired) electrons. The van der Waals surface area contributed by atoms with Crippen LogP contribution in [0.3, 0.4) is 0 Å². The maximum absolute atomic E-state index is 12.8. The molecule has 2 aromatic rings. The summed E-state index contributed by atoms with van der Waals surface area (Å²) in [5, 5.41) is 2.84. The van der Waals surface area contributed by atoms with Crippen molar-refractivity contribution in [3.8, 4) is 11.5 Å². The van der Waals surface area contributed by atoms with E-state index >= 15 is 0 Å². The molecule has 1 aliphatic heterocycles. The molecule has 0 spiro atoms. The molecule has 1 aliphatic rings. The van der Waals surface area contributed by atoms with E-state index in [2.05, 4.69) is 5.32 Å². The molecule has 1 heterocycles. The Bertz CT molecular complexity index is 825. The molecule has 0 aliphatic carbocycles. The van der Waals surface area contributed by atoms with Gasteiger partial charge in [0.2, 0.25) is 5.91 Å². The van der Waals surface area contributed by atoms with E-state index < -0.39 is 12.1 Å². The second kappa shape index (κ2) is 9.12. The predicted molar refractivity (Wildman–Crippen MR) is 105 cm³/mol. The highest BCUT2D eigenvalue weighted by atomic mass is 16.6. The fraction of sp³-hybridized carbons (Fsp3) is 0.333. The number of likely N-dealkylation sites (tertiary alicyclic amines) is 1. The lowest BCUT2D eigenvalue weighted by Gasteiger charge is -2.23. The molecular formula is C21H24N2O5.